The fourth-order valence-corrected chi connectivity index (χ4v) is 4.51. The lowest BCUT2D eigenvalue weighted by atomic mass is 10.1. The molecule has 0 saturated heterocycles. The normalized spacial score (nSPS) is 11.6. The third-order valence-corrected chi connectivity index (χ3v) is 7.02. The van der Waals surface area contributed by atoms with Crippen molar-refractivity contribution in [3.8, 4) is 23.0 Å². The number of hydrogen-bond donors (Lipinski definition) is 0. The van der Waals surface area contributed by atoms with E-state index in [1.165, 1.54) is 57.8 Å². The maximum Gasteiger partial charge on any atom is 0.343 e. The average Bonchev–Trinajstić information content (AvgIpc) is 2.99. The zero-order valence-electron chi connectivity index (χ0n) is 25.2. The molecule has 3 rings (SSSR count). The van der Waals surface area contributed by atoms with Crippen LogP contribution in [0, 0.1) is 0 Å². The quantitative estimate of drug-likeness (QED) is 0.0782. The van der Waals surface area contributed by atoms with E-state index >= 15 is 0 Å². The van der Waals surface area contributed by atoms with Crippen LogP contribution in [0.5, 0.6) is 23.0 Å². The highest BCUT2D eigenvalue weighted by Crippen LogP contribution is 2.22. The van der Waals surface area contributed by atoms with Gasteiger partial charge in [-0.25, -0.2) is 4.79 Å². The fourth-order valence-electron chi connectivity index (χ4n) is 4.51. The van der Waals surface area contributed by atoms with E-state index < -0.39 is 5.97 Å². The highest BCUT2D eigenvalue weighted by molar-refractivity contribution is 5.91. The molecule has 3 aromatic rings. The lowest BCUT2D eigenvalue weighted by molar-refractivity contribution is 0.0734. The Morgan fingerprint density at radius 1 is 0.610 bits per heavy atom. The van der Waals surface area contributed by atoms with E-state index in [0.717, 1.165) is 36.5 Å². The number of carbonyl (C=O) groups is 1. The smallest absolute Gasteiger partial charge is 0.343 e. The van der Waals surface area contributed by atoms with Gasteiger partial charge in [-0.05, 0) is 92.4 Å². The molecule has 5 heteroatoms. The molecule has 3 aromatic carbocycles. The van der Waals surface area contributed by atoms with Gasteiger partial charge in [0.1, 0.15) is 29.6 Å². The molecule has 0 heterocycles. The summed E-state index contributed by atoms with van der Waals surface area (Å²) in [5.41, 5.74) is 1.54. The second-order valence-corrected chi connectivity index (χ2v) is 10.7. The lowest BCUT2D eigenvalue weighted by Gasteiger charge is -2.15. The van der Waals surface area contributed by atoms with Gasteiger partial charge in [-0.1, -0.05) is 77.3 Å². The molecule has 0 radical (unpaired) electrons. The third-order valence-electron chi connectivity index (χ3n) is 7.02. The number of carbonyl (C=O) groups excluding carboxylic acids is 1. The number of benzene rings is 3. The van der Waals surface area contributed by atoms with Crippen molar-refractivity contribution in [1.29, 1.82) is 0 Å². The van der Waals surface area contributed by atoms with Crippen LogP contribution in [-0.2, 0) is 6.61 Å². The van der Waals surface area contributed by atoms with E-state index in [4.69, 9.17) is 18.9 Å². The van der Waals surface area contributed by atoms with Gasteiger partial charge in [-0.3, -0.25) is 0 Å². The van der Waals surface area contributed by atoms with Gasteiger partial charge in [-0.15, -0.1) is 0 Å². The Balaban J connectivity index is 1.36. The largest absolute Gasteiger partial charge is 0.494 e. The Bertz CT molecular complexity index is 1110. The van der Waals surface area contributed by atoms with E-state index in [0.29, 0.717) is 23.7 Å². The van der Waals surface area contributed by atoms with Crippen molar-refractivity contribution in [3.05, 3.63) is 83.9 Å². The third kappa shape index (κ3) is 12.7. The molecule has 0 aliphatic heterocycles. The van der Waals surface area contributed by atoms with Crippen LogP contribution in [0.1, 0.15) is 107 Å². The monoisotopic (exact) mass is 560 g/mol. The molecule has 0 spiro atoms. The summed E-state index contributed by atoms with van der Waals surface area (Å²) < 4.78 is 23.3. The topological polar surface area (TPSA) is 54.0 Å². The molecule has 1 unspecified atom stereocenters. The van der Waals surface area contributed by atoms with Gasteiger partial charge in [0, 0.05) is 0 Å². The summed E-state index contributed by atoms with van der Waals surface area (Å²) in [4.78, 5) is 12.6. The van der Waals surface area contributed by atoms with Gasteiger partial charge in [0.15, 0.2) is 0 Å². The maximum absolute atomic E-state index is 12.6. The highest BCUT2D eigenvalue weighted by atomic mass is 16.5. The van der Waals surface area contributed by atoms with E-state index in [2.05, 4.69) is 20.8 Å². The van der Waals surface area contributed by atoms with Crippen LogP contribution in [0.4, 0.5) is 0 Å². The second-order valence-electron chi connectivity index (χ2n) is 10.7. The average molecular weight is 561 g/mol. The molecule has 0 fully saturated rings. The van der Waals surface area contributed by atoms with E-state index in [-0.39, 0.29) is 6.10 Å². The Morgan fingerprint density at radius 3 is 1.83 bits per heavy atom. The van der Waals surface area contributed by atoms with Crippen molar-refractivity contribution in [2.45, 2.75) is 104 Å². The molecule has 0 amide bonds. The fraction of sp³-hybridized carbons (Fsp3) is 0.472. The Morgan fingerprint density at radius 2 is 1.15 bits per heavy atom. The van der Waals surface area contributed by atoms with E-state index in [1.54, 1.807) is 36.4 Å². The number of hydrogen-bond acceptors (Lipinski definition) is 5. The van der Waals surface area contributed by atoms with Gasteiger partial charge < -0.3 is 18.9 Å². The van der Waals surface area contributed by atoms with Crippen molar-refractivity contribution in [2.24, 2.45) is 0 Å². The molecule has 0 saturated carbocycles. The summed E-state index contributed by atoms with van der Waals surface area (Å²) in [5.74, 6) is 2.43. The standard InChI is InChI=1S/C36H48O5/c1-4-6-8-10-11-13-27-38-32-19-15-30(16-20-32)28-39-33-23-25-35(26-24-33)41-36(37)31-17-21-34(22-18-31)40-29(3)14-12-9-7-5-2/h15-26,29H,4-14,27-28H2,1-3H3. The van der Waals surface area contributed by atoms with Crippen molar-refractivity contribution >= 4 is 5.97 Å². The van der Waals surface area contributed by atoms with Crippen molar-refractivity contribution in [1.82, 2.24) is 0 Å². The first kappa shape index (κ1) is 32.0. The van der Waals surface area contributed by atoms with Crippen molar-refractivity contribution < 1.29 is 23.7 Å². The first-order valence-electron chi connectivity index (χ1n) is 15.5. The van der Waals surface area contributed by atoms with Gasteiger partial charge >= 0.3 is 5.97 Å². The van der Waals surface area contributed by atoms with Gasteiger partial charge in [0.2, 0.25) is 0 Å². The second kappa shape index (κ2) is 18.8. The first-order valence-corrected chi connectivity index (χ1v) is 15.5. The van der Waals surface area contributed by atoms with Crippen LogP contribution in [0.15, 0.2) is 72.8 Å². The summed E-state index contributed by atoms with van der Waals surface area (Å²) in [7, 11) is 0. The molecule has 0 bridgehead atoms. The zero-order chi connectivity index (χ0) is 29.1. The Kier molecular flexibility index (Phi) is 14.7. The van der Waals surface area contributed by atoms with Crippen molar-refractivity contribution in [3.63, 3.8) is 0 Å². The van der Waals surface area contributed by atoms with Crippen LogP contribution in [-0.4, -0.2) is 18.7 Å². The van der Waals surface area contributed by atoms with Crippen LogP contribution < -0.4 is 18.9 Å². The van der Waals surface area contributed by atoms with Crippen LogP contribution >= 0.6 is 0 Å². The lowest BCUT2D eigenvalue weighted by Crippen LogP contribution is -2.12. The number of ether oxygens (including phenoxy) is 4. The predicted molar refractivity (Wildman–Crippen MR) is 166 cm³/mol. The summed E-state index contributed by atoms with van der Waals surface area (Å²) in [6.07, 6.45) is 13.6. The zero-order valence-corrected chi connectivity index (χ0v) is 25.2. The van der Waals surface area contributed by atoms with Gasteiger partial charge in [0.25, 0.3) is 0 Å². The minimum atomic E-state index is -0.406. The van der Waals surface area contributed by atoms with Crippen LogP contribution in [0.25, 0.3) is 0 Å². The maximum atomic E-state index is 12.6. The highest BCUT2D eigenvalue weighted by Gasteiger charge is 2.10. The Hall–Kier alpha value is -3.47. The summed E-state index contributed by atoms with van der Waals surface area (Å²) in [5, 5.41) is 0. The minimum Gasteiger partial charge on any atom is -0.494 e. The summed E-state index contributed by atoms with van der Waals surface area (Å²) in [6, 6.07) is 22.3. The number of unbranched alkanes of at least 4 members (excludes halogenated alkanes) is 8. The van der Waals surface area contributed by atoms with Crippen LogP contribution in [0.2, 0.25) is 0 Å². The predicted octanol–water partition coefficient (Wildman–Crippen LogP) is 9.96. The summed E-state index contributed by atoms with van der Waals surface area (Å²) in [6.45, 7) is 7.75. The molecule has 5 nitrogen and oxygen atoms in total. The molecule has 41 heavy (non-hydrogen) atoms. The molecule has 0 aromatic heterocycles. The summed E-state index contributed by atoms with van der Waals surface area (Å²) >= 11 is 0. The SMILES string of the molecule is CCCCCCCCOc1ccc(COc2ccc(OC(=O)c3ccc(OC(C)CCCCCC)cc3)cc2)cc1. The van der Waals surface area contributed by atoms with E-state index in [1.807, 2.05) is 36.4 Å². The van der Waals surface area contributed by atoms with E-state index in [9.17, 15) is 4.79 Å². The number of rotatable bonds is 20. The molecule has 222 valence electrons. The first-order chi connectivity index (χ1) is 20.1. The molecule has 1 atom stereocenters. The molecular weight excluding hydrogens is 512 g/mol. The van der Waals surface area contributed by atoms with Crippen LogP contribution in [0.3, 0.4) is 0 Å². The molecule has 0 N–H and O–H groups in total. The Labute approximate surface area is 247 Å². The molecule has 0 aliphatic rings. The van der Waals surface area contributed by atoms with Crippen molar-refractivity contribution in [2.75, 3.05) is 6.61 Å². The number of esters is 1. The molecular formula is C36H48O5. The van der Waals surface area contributed by atoms with Gasteiger partial charge in [-0.2, -0.15) is 0 Å². The molecule has 0 aliphatic carbocycles. The minimum absolute atomic E-state index is 0.151. The van der Waals surface area contributed by atoms with Gasteiger partial charge in [0.05, 0.1) is 18.3 Å².